The van der Waals surface area contributed by atoms with Crippen molar-refractivity contribution in [2.24, 2.45) is 0 Å². The van der Waals surface area contributed by atoms with Gasteiger partial charge in [-0.15, -0.1) is 0 Å². The molecule has 1 aliphatic rings. The van der Waals surface area contributed by atoms with Crippen molar-refractivity contribution in [3.63, 3.8) is 0 Å². The Morgan fingerprint density at radius 1 is 0.525 bits per heavy atom. The van der Waals surface area contributed by atoms with Crippen LogP contribution in [0.5, 0.6) is 23.0 Å². The second-order valence-corrected chi connectivity index (χ2v) is 13.2. The Morgan fingerprint density at radius 3 is 1.95 bits per heavy atom. The standard InChI is InChI=1S/C47H28N2O10/c50-26-28-11-13-30(14-12-28)46(55)58-36-9-3-7-34(22-36)48-43(52)41-24-38(18-17-33(41)27-51)57-39-19-20-40-42(25-39)45(54)49(44(40)53)35-8-4-10-37(23-35)59-47(56)32-16-15-29-5-1-2-6-31(29)21-32/h1-27H,(H,48,52). The van der Waals surface area contributed by atoms with Gasteiger partial charge >= 0.3 is 11.9 Å². The van der Waals surface area contributed by atoms with Gasteiger partial charge in [-0.2, -0.15) is 0 Å². The molecule has 7 aromatic carbocycles. The van der Waals surface area contributed by atoms with Crippen LogP contribution in [0, 0.1) is 0 Å². The third-order valence-corrected chi connectivity index (χ3v) is 9.35. The summed E-state index contributed by atoms with van der Waals surface area (Å²) < 4.78 is 17.1. The third-order valence-electron chi connectivity index (χ3n) is 9.35. The van der Waals surface area contributed by atoms with Gasteiger partial charge in [0.05, 0.1) is 33.5 Å². The van der Waals surface area contributed by atoms with Crippen molar-refractivity contribution in [1.29, 1.82) is 0 Å². The molecular weight excluding hydrogens is 753 g/mol. The molecule has 0 aliphatic carbocycles. The van der Waals surface area contributed by atoms with E-state index in [0.29, 0.717) is 23.7 Å². The summed E-state index contributed by atoms with van der Waals surface area (Å²) in [7, 11) is 0. The number of nitrogens with zero attached hydrogens (tertiary/aromatic N) is 1. The molecule has 1 N–H and O–H groups in total. The molecule has 12 nitrogen and oxygen atoms in total. The first-order chi connectivity index (χ1) is 28.7. The highest BCUT2D eigenvalue weighted by atomic mass is 16.5. The lowest BCUT2D eigenvalue weighted by Crippen LogP contribution is -2.29. The average molecular weight is 781 g/mol. The van der Waals surface area contributed by atoms with Gasteiger partial charge in [-0.1, -0.05) is 54.6 Å². The van der Waals surface area contributed by atoms with Gasteiger partial charge in [0.15, 0.2) is 6.29 Å². The Hall–Kier alpha value is -8.51. The molecular formula is C47H28N2O10. The Labute approximate surface area is 335 Å². The highest BCUT2D eigenvalue weighted by Gasteiger charge is 2.37. The van der Waals surface area contributed by atoms with Gasteiger partial charge in [-0.3, -0.25) is 24.0 Å². The maximum atomic E-state index is 13.7. The largest absolute Gasteiger partial charge is 0.457 e. The van der Waals surface area contributed by atoms with E-state index in [4.69, 9.17) is 14.2 Å². The Balaban J connectivity index is 0.953. The molecule has 1 aliphatic heterocycles. The zero-order chi connectivity index (χ0) is 41.0. The number of benzene rings is 7. The predicted octanol–water partition coefficient (Wildman–Crippen LogP) is 8.75. The number of carbonyl (C=O) groups is 7. The van der Waals surface area contributed by atoms with Gasteiger partial charge in [0.1, 0.15) is 29.3 Å². The number of aldehydes is 2. The summed E-state index contributed by atoms with van der Waals surface area (Å²) >= 11 is 0. The Bertz CT molecular complexity index is 2880. The number of ether oxygens (including phenoxy) is 3. The summed E-state index contributed by atoms with van der Waals surface area (Å²) in [4.78, 5) is 90.1. The molecule has 0 saturated carbocycles. The highest BCUT2D eigenvalue weighted by molar-refractivity contribution is 6.34. The number of esters is 2. The first-order valence-corrected chi connectivity index (χ1v) is 18.0. The molecule has 0 atom stereocenters. The summed E-state index contributed by atoms with van der Waals surface area (Å²) in [5.74, 6) is -2.57. The van der Waals surface area contributed by atoms with Crippen molar-refractivity contribution >= 4 is 64.4 Å². The van der Waals surface area contributed by atoms with Crippen molar-refractivity contribution in [3.05, 3.63) is 191 Å². The van der Waals surface area contributed by atoms with E-state index in [1.165, 1.54) is 78.9 Å². The first-order valence-electron chi connectivity index (χ1n) is 18.0. The minimum absolute atomic E-state index is 0.0325. The van der Waals surface area contributed by atoms with Gasteiger partial charge in [-0.25, -0.2) is 14.5 Å². The second-order valence-electron chi connectivity index (χ2n) is 13.2. The van der Waals surface area contributed by atoms with E-state index in [1.807, 2.05) is 30.3 Å². The fourth-order valence-corrected chi connectivity index (χ4v) is 6.42. The van der Waals surface area contributed by atoms with Crippen molar-refractivity contribution in [1.82, 2.24) is 0 Å². The molecule has 7 aromatic rings. The molecule has 0 aromatic heterocycles. The maximum Gasteiger partial charge on any atom is 0.343 e. The van der Waals surface area contributed by atoms with Crippen molar-refractivity contribution < 1.29 is 47.8 Å². The summed E-state index contributed by atoms with van der Waals surface area (Å²) in [5, 5.41) is 4.53. The fourth-order valence-electron chi connectivity index (χ4n) is 6.42. The van der Waals surface area contributed by atoms with E-state index in [0.717, 1.165) is 15.7 Å². The lowest BCUT2D eigenvalue weighted by molar-refractivity contribution is 0.0725. The van der Waals surface area contributed by atoms with Gasteiger partial charge in [0.25, 0.3) is 17.7 Å². The van der Waals surface area contributed by atoms with E-state index in [1.54, 1.807) is 42.5 Å². The molecule has 0 bridgehead atoms. The molecule has 1 heterocycles. The van der Waals surface area contributed by atoms with Gasteiger partial charge in [-0.05, 0) is 95.7 Å². The van der Waals surface area contributed by atoms with Crippen LogP contribution in [0.4, 0.5) is 11.4 Å². The Kier molecular flexibility index (Phi) is 10.1. The highest BCUT2D eigenvalue weighted by Crippen LogP contribution is 2.34. The number of hydrogen-bond donors (Lipinski definition) is 1. The summed E-state index contributed by atoms with van der Waals surface area (Å²) in [6.45, 7) is 0. The fraction of sp³-hybridized carbons (Fsp3) is 0. The van der Waals surface area contributed by atoms with Gasteiger partial charge in [0, 0.05) is 28.9 Å². The Morgan fingerprint density at radius 2 is 1.19 bits per heavy atom. The molecule has 12 heteroatoms. The third kappa shape index (κ3) is 7.82. The molecule has 0 fully saturated rings. The van der Waals surface area contributed by atoms with Crippen LogP contribution in [0.1, 0.15) is 72.5 Å². The molecule has 0 unspecified atom stereocenters. The molecule has 59 heavy (non-hydrogen) atoms. The van der Waals surface area contributed by atoms with Crippen molar-refractivity contribution in [2.45, 2.75) is 0 Å². The minimum Gasteiger partial charge on any atom is -0.457 e. The van der Waals surface area contributed by atoms with E-state index in [9.17, 15) is 33.6 Å². The van der Waals surface area contributed by atoms with Gasteiger partial charge < -0.3 is 19.5 Å². The van der Waals surface area contributed by atoms with Crippen molar-refractivity contribution in [2.75, 3.05) is 10.2 Å². The topological polar surface area (TPSA) is 162 Å². The predicted molar refractivity (Wildman–Crippen MR) is 216 cm³/mol. The summed E-state index contributed by atoms with van der Waals surface area (Å²) in [6.07, 6.45) is 1.17. The van der Waals surface area contributed by atoms with Crippen molar-refractivity contribution in [3.8, 4) is 23.0 Å². The van der Waals surface area contributed by atoms with E-state index < -0.39 is 29.7 Å². The second kappa shape index (κ2) is 15.9. The number of nitrogens with one attached hydrogen (secondary N) is 1. The van der Waals surface area contributed by atoms with Crippen LogP contribution < -0.4 is 24.4 Å². The number of rotatable bonds is 11. The number of carbonyl (C=O) groups excluding carboxylic acids is 7. The number of anilines is 2. The lowest BCUT2D eigenvalue weighted by Gasteiger charge is -2.15. The summed E-state index contributed by atoms with van der Waals surface area (Å²) in [6, 6.07) is 39.4. The molecule has 3 amide bonds. The van der Waals surface area contributed by atoms with Crippen LogP contribution in [0.15, 0.2) is 152 Å². The number of imide groups is 1. The average Bonchev–Trinajstić information content (AvgIpc) is 3.51. The number of hydrogen-bond acceptors (Lipinski definition) is 10. The van der Waals surface area contributed by atoms with E-state index in [-0.39, 0.29) is 62.2 Å². The van der Waals surface area contributed by atoms with Gasteiger partial charge in [0.2, 0.25) is 0 Å². The van der Waals surface area contributed by atoms with Crippen LogP contribution in [-0.2, 0) is 0 Å². The lowest BCUT2D eigenvalue weighted by atomic mass is 10.1. The zero-order valence-electron chi connectivity index (χ0n) is 30.6. The molecule has 0 saturated heterocycles. The maximum absolute atomic E-state index is 13.7. The van der Waals surface area contributed by atoms with Crippen LogP contribution in [0.2, 0.25) is 0 Å². The molecule has 0 radical (unpaired) electrons. The van der Waals surface area contributed by atoms with Crippen LogP contribution in [-0.4, -0.2) is 42.2 Å². The molecule has 286 valence electrons. The van der Waals surface area contributed by atoms with Crippen LogP contribution in [0.25, 0.3) is 10.8 Å². The van der Waals surface area contributed by atoms with E-state index in [2.05, 4.69) is 5.32 Å². The SMILES string of the molecule is O=Cc1ccc(C(=O)Oc2cccc(NC(=O)c3cc(Oc4ccc5c(c4)C(=O)N(c4cccc(OC(=O)c6ccc7ccccc7c6)c4)C5=O)ccc3C=O)c2)cc1. The van der Waals surface area contributed by atoms with Crippen LogP contribution in [0.3, 0.4) is 0 Å². The molecule has 0 spiro atoms. The smallest absolute Gasteiger partial charge is 0.343 e. The first kappa shape index (κ1) is 37.4. The number of amides is 3. The summed E-state index contributed by atoms with van der Waals surface area (Å²) in [5.41, 5.74) is 1.63. The molecule has 8 rings (SSSR count). The zero-order valence-corrected chi connectivity index (χ0v) is 30.6. The quantitative estimate of drug-likeness (QED) is 0.0581. The van der Waals surface area contributed by atoms with E-state index >= 15 is 0 Å². The number of fused-ring (bicyclic) bond motifs is 2. The normalized spacial score (nSPS) is 11.8. The minimum atomic E-state index is -0.672. The monoisotopic (exact) mass is 780 g/mol. The van der Waals surface area contributed by atoms with Crippen LogP contribution >= 0.6 is 0 Å².